The van der Waals surface area contributed by atoms with Crippen molar-refractivity contribution in [2.45, 2.75) is 25.9 Å². The number of benzene rings is 1. The van der Waals surface area contributed by atoms with Crippen LogP contribution in [0.25, 0.3) is 0 Å². The van der Waals surface area contributed by atoms with Gasteiger partial charge in [-0.05, 0) is 12.0 Å². The lowest BCUT2D eigenvalue weighted by Gasteiger charge is -2.09. The maximum atomic E-state index is 11.4. The van der Waals surface area contributed by atoms with Gasteiger partial charge in [-0.2, -0.15) is 0 Å². The molecule has 0 radical (unpaired) electrons. The van der Waals surface area contributed by atoms with Crippen LogP contribution < -0.4 is 11.1 Å². The summed E-state index contributed by atoms with van der Waals surface area (Å²) in [5, 5.41) is 13.1. The number of hydrogen-bond donors (Lipinski definition) is 2. The maximum absolute atomic E-state index is 11.4. The van der Waals surface area contributed by atoms with Gasteiger partial charge >= 0.3 is 0 Å². The SMILES string of the molecule is CCC(N)C(=O)NCc1ccc([N+](=O)[O-])cc1. The van der Waals surface area contributed by atoms with Gasteiger partial charge in [-0.3, -0.25) is 14.9 Å². The molecule has 0 aliphatic rings. The minimum atomic E-state index is -0.506. The summed E-state index contributed by atoms with van der Waals surface area (Å²) >= 11 is 0. The van der Waals surface area contributed by atoms with E-state index in [1.165, 1.54) is 12.1 Å². The van der Waals surface area contributed by atoms with Crippen LogP contribution in [0, 0.1) is 10.1 Å². The van der Waals surface area contributed by atoms with Crippen molar-refractivity contribution < 1.29 is 9.72 Å². The summed E-state index contributed by atoms with van der Waals surface area (Å²) < 4.78 is 0. The summed E-state index contributed by atoms with van der Waals surface area (Å²) in [5.41, 5.74) is 6.37. The van der Waals surface area contributed by atoms with Crippen LogP contribution >= 0.6 is 0 Å². The average molecular weight is 237 g/mol. The monoisotopic (exact) mass is 237 g/mol. The highest BCUT2D eigenvalue weighted by Gasteiger charge is 2.10. The summed E-state index contributed by atoms with van der Waals surface area (Å²) in [5.74, 6) is -0.217. The smallest absolute Gasteiger partial charge is 0.269 e. The van der Waals surface area contributed by atoms with Crippen molar-refractivity contribution in [3.63, 3.8) is 0 Å². The van der Waals surface area contributed by atoms with E-state index >= 15 is 0 Å². The molecule has 0 bridgehead atoms. The van der Waals surface area contributed by atoms with Gasteiger partial charge in [-0.15, -0.1) is 0 Å². The molecule has 6 heteroatoms. The molecule has 0 heterocycles. The zero-order chi connectivity index (χ0) is 12.8. The number of hydrogen-bond acceptors (Lipinski definition) is 4. The highest BCUT2D eigenvalue weighted by Crippen LogP contribution is 2.11. The Kier molecular flexibility index (Phi) is 4.59. The van der Waals surface area contributed by atoms with Crippen LogP contribution in [-0.4, -0.2) is 16.9 Å². The second kappa shape index (κ2) is 5.95. The van der Waals surface area contributed by atoms with E-state index in [2.05, 4.69) is 5.32 Å². The first-order valence-corrected chi connectivity index (χ1v) is 5.31. The molecule has 0 aliphatic heterocycles. The van der Waals surface area contributed by atoms with Gasteiger partial charge in [-0.25, -0.2) is 0 Å². The number of carbonyl (C=O) groups is 1. The van der Waals surface area contributed by atoms with E-state index in [4.69, 9.17) is 5.73 Å². The van der Waals surface area contributed by atoms with Crippen molar-refractivity contribution in [1.29, 1.82) is 0 Å². The van der Waals surface area contributed by atoms with Crippen molar-refractivity contribution in [1.82, 2.24) is 5.32 Å². The minimum absolute atomic E-state index is 0.0327. The van der Waals surface area contributed by atoms with E-state index in [1.54, 1.807) is 12.1 Å². The molecule has 1 unspecified atom stereocenters. The third kappa shape index (κ3) is 3.84. The summed E-state index contributed by atoms with van der Waals surface area (Å²) in [7, 11) is 0. The van der Waals surface area contributed by atoms with Gasteiger partial charge in [0, 0.05) is 18.7 Å². The molecule has 17 heavy (non-hydrogen) atoms. The number of nitrogens with zero attached hydrogens (tertiary/aromatic N) is 1. The van der Waals surface area contributed by atoms with E-state index in [0.717, 1.165) is 5.56 Å². The summed E-state index contributed by atoms with van der Waals surface area (Å²) in [6.45, 7) is 2.15. The van der Waals surface area contributed by atoms with Crippen LogP contribution in [0.5, 0.6) is 0 Å². The lowest BCUT2D eigenvalue weighted by atomic mass is 10.2. The Morgan fingerprint density at radius 3 is 2.53 bits per heavy atom. The molecule has 1 aromatic carbocycles. The molecule has 1 aromatic rings. The third-order valence-corrected chi connectivity index (χ3v) is 2.39. The Bertz CT molecular complexity index is 403. The number of nitro groups is 1. The molecule has 0 aromatic heterocycles. The Balaban J connectivity index is 2.53. The Morgan fingerprint density at radius 1 is 1.47 bits per heavy atom. The molecule has 3 N–H and O–H groups in total. The molecule has 1 rings (SSSR count). The van der Waals surface area contributed by atoms with E-state index in [9.17, 15) is 14.9 Å². The number of amides is 1. The molecule has 0 saturated heterocycles. The quantitative estimate of drug-likeness (QED) is 0.588. The second-order valence-electron chi connectivity index (χ2n) is 3.66. The highest BCUT2D eigenvalue weighted by atomic mass is 16.6. The lowest BCUT2D eigenvalue weighted by Crippen LogP contribution is -2.39. The molecule has 0 spiro atoms. The molecule has 92 valence electrons. The fourth-order valence-corrected chi connectivity index (χ4v) is 1.24. The fourth-order valence-electron chi connectivity index (χ4n) is 1.24. The minimum Gasteiger partial charge on any atom is -0.351 e. The first-order chi connectivity index (χ1) is 8.04. The Labute approximate surface area is 99.0 Å². The van der Waals surface area contributed by atoms with Crippen LogP contribution in [0.1, 0.15) is 18.9 Å². The van der Waals surface area contributed by atoms with Crippen LogP contribution in [-0.2, 0) is 11.3 Å². The number of nitrogens with two attached hydrogens (primary N) is 1. The molecule has 1 amide bonds. The lowest BCUT2D eigenvalue weighted by molar-refractivity contribution is -0.384. The molecular formula is C11H15N3O3. The number of nitrogens with one attached hydrogen (secondary N) is 1. The summed E-state index contributed by atoms with van der Waals surface area (Å²) in [6, 6.07) is 5.52. The van der Waals surface area contributed by atoms with E-state index < -0.39 is 11.0 Å². The average Bonchev–Trinajstić information content (AvgIpc) is 2.35. The van der Waals surface area contributed by atoms with E-state index in [1.807, 2.05) is 6.92 Å². The number of non-ortho nitro benzene ring substituents is 1. The van der Waals surface area contributed by atoms with Crippen molar-refractivity contribution in [2.24, 2.45) is 5.73 Å². The number of carbonyl (C=O) groups excluding carboxylic acids is 1. The van der Waals surface area contributed by atoms with Crippen LogP contribution in [0.2, 0.25) is 0 Å². The first kappa shape index (κ1) is 13.1. The van der Waals surface area contributed by atoms with Crippen LogP contribution in [0.3, 0.4) is 0 Å². The van der Waals surface area contributed by atoms with Gasteiger partial charge < -0.3 is 11.1 Å². The molecule has 1 atom stereocenters. The van der Waals surface area contributed by atoms with Gasteiger partial charge in [0.25, 0.3) is 5.69 Å². The van der Waals surface area contributed by atoms with Crippen molar-refractivity contribution in [3.8, 4) is 0 Å². The van der Waals surface area contributed by atoms with Crippen molar-refractivity contribution in [3.05, 3.63) is 39.9 Å². The van der Waals surface area contributed by atoms with Gasteiger partial charge in [-0.1, -0.05) is 19.1 Å². The first-order valence-electron chi connectivity index (χ1n) is 5.31. The fraction of sp³-hybridized carbons (Fsp3) is 0.364. The molecule has 0 saturated carbocycles. The zero-order valence-electron chi connectivity index (χ0n) is 9.55. The van der Waals surface area contributed by atoms with Crippen molar-refractivity contribution >= 4 is 11.6 Å². The highest BCUT2D eigenvalue weighted by molar-refractivity contribution is 5.81. The maximum Gasteiger partial charge on any atom is 0.269 e. The van der Waals surface area contributed by atoms with Gasteiger partial charge in [0.1, 0.15) is 0 Å². The van der Waals surface area contributed by atoms with Gasteiger partial charge in [0.15, 0.2) is 0 Å². The Morgan fingerprint density at radius 2 is 2.06 bits per heavy atom. The topological polar surface area (TPSA) is 98.3 Å². The number of rotatable bonds is 5. The third-order valence-electron chi connectivity index (χ3n) is 2.39. The number of nitro benzene ring substituents is 1. The largest absolute Gasteiger partial charge is 0.351 e. The van der Waals surface area contributed by atoms with Crippen molar-refractivity contribution in [2.75, 3.05) is 0 Å². The normalized spacial score (nSPS) is 11.9. The molecule has 0 fully saturated rings. The standard InChI is InChI=1S/C11H15N3O3/c1-2-10(12)11(15)13-7-8-3-5-9(6-4-8)14(16)17/h3-6,10H,2,7,12H2,1H3,(H,13,15). The van der Waals surface area contributed by atoms with E-state index in [0.29, 0.717) is 13.0 Å². The van der Waals surface area contributed by atoms with Crippen LogP contribution in [0.4, 0.5) is 5.69 Å². The molecule has 0 aliphatic carbocycles. The summed E-state index contributed by atoms with van der Waals surface area (Å²) in [6.07, 6.45) is 0.575. The predicted octanol–water partition coefficient (Wildman–Crippen LogP) is 0.948. The zero-order valence-corrected chi connectivity index (χ0v) is 9.55. The van der Waals surface area contributed by atoms with Gasteiger partial charge in [0.05, 0.1) is 11.0 Å². The Hall–Kier alpha value is -1.95. The molecular weight excluding hydrogens is 222 g/mol. The second-order valence-corrected chi connectivity index (χ2v) is 3.66. The predicted molar refractivity (Wildman–Crippen MR) is 63.2 cm³/mol. The summed E-state index contributed by atoms with van der Waals surface area (Å²) in [4.78, 5) is 21.3. The van der Waals surface area contributed by atoms with E-state index in [-0.39, 0.29) is 11.6 Å². The van der Waals surface area contributed by atoms with Crippen LogP contribution in [0.15, 0.2) is 24.3 Å². The molecule has 6 nitrogen and oxygen atoms in total. The van der Waals surface area contributed by atoms with Gasteiger partial charge in [0.2, 0.25) is 5.91 Å².